The summed E-state index contributed by atoms with van der Waals surface area (Å²) in [7, 11) is 0. The number of esters is 1. The summed E-state index contributed by atoms with van der Waals surface area (Å²) in [6.07, 6.45) is 11.5. The molecule has 6 aliphatic heterocycles. The van der Waals surface area contributed by atoms with Crippen LogP contribution in [0.15, 0.2) is 23.2 Å². The number of benzene rings is 1. The van der Waals surface area contributed by atoms with E-state index < -0.39 is 17.6 Å². The Kier molecular flexibility index (Phi) is 13.5. The van der Waals surface area contributed by atoms with Gasteiger partial charge < -0.3 is 41.0 Å². The summed E-state index contributed by atoms with van der Waals surface area (Å²) < 4.78 is 12.6. The van der Waals surface area contributed by atoms with Crippen molar-refractivity contribution in [3.05, 3.63) is 23.8 Å². The van der Waals surface area contributed by atoms with Crippen molar-refractivity contribution in [1.29, 1.82) is 0 Å². The fraction of sp³-hybridized carbons (Fsp3) is 0.773. The van der Waals surface area contributed by atoms with E-state index in [0.29, 0.717) is 62.1 Å². The summed E-state index contributed by atoms with van der Waals surface area (Å²) in [6, 6.07) is 5.96. The van der Waals surface area contributed by atoms with Crippen molar-refractivity contribution in [2.45, 2.75) is 128 Å². The third kappa shape index (κ3) is 10.5. The molecular weight excluding hydrogens is 693 g/mol. The molecule has 0 amide bonds. The molecule has 1 aromatic carbocycles. The van der Waals surface area contributed by atoms with Crippen LogP contribution in [0.3, 0.4) is 0 Å². The number of phenolic OH excluding ortho intramolecular Hbond substituents is 1. The standard InChI is InChI=1S/C44H68N6O5/c1-3-4-5-8-35-27-49-23-32-18-33(24-49)26-50(25-32)29-48-43(45)47-28-44(35)15-12-34-7-6-9-36-21-38(14-17-46-36)55-42-20-31(10-11-40(42)53)19-39(34)41(54-30(2)51)22-37(52)13-16-44/h10-11,20,32-39,41,46,52-53H,3-9,13-14,16-19,21-29H2,1-2H3,(H3,45,47,48). The Labute approximate surface area is 329 Å². The SMILES string of the molecule is CCCCCC1CN2CC3CC(CN(CN=C(N)NCC14C#CC1CCCC5CC(CCN5)Oc5cc(ccc5O)CC1C(OC(C)=O)CC(O)CC4)C3)C2. The van der Waals surface area contributed by atoms with Crippen LogP contribution in [0.5, 0.6) is 11.5 Å². The number of nitrogens with zero attached hydrogens (tertiary/aromatic N) is 3. The number of carbonyl (C=O) groups is 1. The minimum atomic E-state index is -0.667. The van der Waals surface area contributed by atoms with Crippen LogP contribution >= 0.6 is 0 Å². The van der Waals surface area contributed by atoms with E-state index in [9.17, 15) is 15.0 Å². The van der Waals surface area contributed by atoms with E-state index in [1.807, 2.05) is 12.1 Å². The Bertz CT molecular complexity index is 1530. The smallest absolute Gasteiger partial charge is 0.302 e. The first-order chi connectivity index (χ1) is 26.6. The summed E-state index contributed by atoms with van der Waals surface area (Å²) in [5.74, 6) is 10.1. The Morgan fingerprint density at radius 2 is 1.89 bits per heavy atom. The summed E-state index contributed by atoms with van der Waals surface area (Å²) >= 11 is 0. The maximum atomic E-state index is 12.7. The zero-order valence-corrected chi connectivity index (χ0v) is 33.5. The van der Waals surface area contributed by atoms with Crippen LogP contribution in [0.4, 0.5) is 0 Å². The highest BCUT2D eigenvalue weighted by Crippen LogP contribution is 2.42. The largest absolute Gasteiger partial charge is 0.504 e. The van der Waals surface area contributed by atoms with Crippen molar-refractivity contribution in [3.63, 3.8) is 0 Å². The molecule has 7 aliphatic rings. The fourth-order valence-electron chi connectivity index (χ4n) is 11.0. The Hall–Kier alpha value is -3.04. The van der Waals surface area contributed by atoms with Crippen LogP contribution < -0.4 is 21.1 Å². The predicted molar refractivity (Wildman–Crippen MR) is 215 cm³/mol. The molecule has 10 atom stereocenters. The summed E-state index contributed by atoms with van der Waals surface area (Å²) in [5.41, 5.74) is 7.22. The van der Waals surface area contributed by atoms with Crippen molar-refractivity contribution >= 4 is 11.9 Å². The van der Waals surface area contributed by atoms with Gasteiger partial charge in [0.15, 0.2) is 17.5 Å². The van der Waals surface area contributed by atoms with Crippen molar-refractivity contribution in [3.8, 4) is 23.3 Å². The van der Waals surface area contributed by atoms with Crippen LogP contribution in [-0.4, -0.2) is 109 Å². The van der Waals surface area contributed by atoms with Crippen LogP contribution in [0.2, 0.25) is 0 Å². The monoisotopic (exact) mass is 761 g/mol. The molecule has 11 nitrogen and oxygen atoms in total. The number of aromatic hydroxyl groups is 1. The molecule has 1 spiro atoms. The predicted octanol–water partition coefficient (Wildman–Crippen LogP) is 4.64. The molecule has 3 fully saturated rings. The normalized spacial score (nSPS) is 38.2. The third-order valence-electron chi connectivity index (χ3n) is 13.7. The van der Waals surface area contributed by atoms with E-state index in [2.05, 4.69) is 39.2 Å². The fourth-order valence-corrected chi connectivity index (χ4v) is 11.0. The maximum absolute atomic E-state index is 12.7. The first-order valence-corrected chi connectivity index (χ1v) is 21.7. The lowest BCUT2D eigenvalue weighted by atomic mass is 9.67. The van der Waals surface area contributed by atoms with E-state index in [1.54, 1.807) is 6.07 Å². The lowest BCUT2D eigenvalue weighted by molar-refractivity contribution is -0.152. The van der Waals surface area contributed by atoms with Gasteiger partial charge in [0.1, 0.15) is 12.2 Å². The number of piperidine rings is 3. The molecule has 55 heavy (non-hydrogen) atoms. The Balaban J connectivity index is 1.31. The van der Waals surface area contributed by atoms with E-state index in [1.165, 1.54) is 19.8 Å². The molecule has 8 rings (SSSR count). The zero-order valence-electron chi connectivity index (χ0n) is 33.5. The van der Waals surface area contributed by atoms with E-state index in [0.717, 1.165) is 103 Å². The molecule has 0 radical (unpaired) electrons. The topological polar surface area (TPSA) is 145 Å². The highest BCUT2D eigenvalue weighted by atomic mass is 16.5. The van der Waals surface area contributed by atoms with Crippen LogP contribution in [0, 0.1) is 46.8 Å². The highest BCUT2D eigenvalue weighted by molar-refractivity contribution is 5.77. The van der Waals surface area contributed by atoms with Gasteiger partial charge in [0.05, 0.1) is 18.2 Å². The number of ether oxygens (including phenoxy) is 2. The Morgan fingerprint density at radius 1 is 1.07 bits per heavy atom. The lowest BCUT2D eigenvalue weighted by Crippen LogP contribution is -2.54. The second kappa shape index (κ2) is 18.5. The number of guanidine groups is 1. The number of hydrogen-bond acceptors (Lipinski definition) is 11. The third-order valence-corrected chi connectivity index (χ3v) is 13.7. The first kappa shape index (κ1) is 40.2. The molecule has 8 bridgehead atoms. The zero-order chi connectivity index (χ0) is 38.4. The van der Waals surface area contributed by atoms with Crippen LogP contribution in [0.1, 0.15) is 103 Å². The number of unbranched alkanes of at least 4 members (excludes halogenated alkanes) is 2. The molecule has 1 aromatic rings. The molecule has 11 heteroatoms. The molecule has 0 saturated carbocycles. The highest BCUT2D eigenvalue weighted by Gasteiger charge is 2.43. The van der Waals surface area contributed by atoms with Crippen molar-refractivity contribution in [2.24, 2.45) is 45.7 Å². The van der Waals surface area contributed by atoms with Crippen LogP contribution in [0.25, 0.3) is 0 Å². The van der Waals surface area contributed by atoms with Gasteiger partial charge in [0, 0.05) is 70.5 Å². The van der Waals surface area contributed by atoms with Gasteiger partial charge in [-0.05, 0) is 99.8 Å². The minimum absolute atomic E-state index is 0.0362. The summed E-state index contributed by atoms with van der Waals surface area (Å²) in [5, 5.41) is 30.1. The number of rotatable bonds is 5. The summed E-state index contributed by atoms with van der Waals surface area (Å²) in [4.78, 5) is 22.8. The van der Waals surface area contributed by atoms with Gasteiger partial charge in [-0.1, -0.05) is 50.5 Å². The van der Waals surface area contributed by atoms with Gasteiger partial charge in [-0.2, -0.15) is 0 Å². The second-order valence-corrected chi connectivity index (χ2v) is 18.1. The average Bonchev–Trinajstić information content (AvgIpc) is 3.16. The number of nitrogens with one attached hydrogen (secondary N) is 2. The van der Waals surface area contributed by atoms with Gasteiger partial charge in [-0.15, -0.1) is 0 Å². The van der Waals surface area contributed by atoms with Gasteiger partial charge >= 0.3 is 5.97 Å². The van der Waals surface area contributed by atoms with Gasteiger partial charge in [0.25, 0.3) is 0 Å². The number of fused-ring (bicyclic) bond motifs is 9. The number of phenols is 1. The Morgan fingerprint density at radius 3 is 2.69 bits per heavy atom. The molecule has 1 aliphatic carbocycles. The van der Waals surface area contributed by atoms with Crippen LogP contribution in [-0.2, 0) is 16.0 Å². The number of hydrogen-bond donors (Lipinski definition) is 5. The number of aliphatic imine (C=N–C) groups is 1. The maximum Gasteiger partial charge on any atom is 0.302 e. The molecule has 304 valence electrons. The number of carbonyl (C=O) groups excluding carboxylic acids is 1. The average molecular weight is 761 g/mol. The van der Waals surface area contributed by atoms with Crippen molar-refractivity contribution in [2.75, 3.05) is 52.5 Å². The van der Waals surface area contributed by atoms with Gasteiger partial charge in [0.2, 0.25) is 0 Å². The number of aliphatic hydroxyl groups excluding tert-OH is 1. The van der Waals surface area contributed by atoms with Crippen molar-refractivity contribution in [1.82, 2.24) is 20.4 Å². The van der Waals surface area contributed by atoms with Gasteiger partial charge in [-0.25, -0.2) is 4.99 Å². The molecular formula is C44H68N6O5. The molecule has 0 aromatic heterocycles. The lowest BCUT2D eigenvalue weighted by Gasteiger charge is -2.48. The van der Waals surface area contributed by atoms with E-state index in [-0.39, 0.29) is 35.6 Å². The second-order valence-electron chi connectivity index (χ2n) is 18.1. The van der Waals surface area contributed by atoms with Gasteiger partial charge in [-0.3, -0.25) is 9.69 Å². The summed E-state index contributed by atoms with van der Waals surface area (Å²) in [6.45, 7) is 11.2. The van der Waals surface area contributed by atoms with E-state index >= 15 is 0 Å². The minimum Gasteiger partial charge on any atom is -0.504 e. The number of nitrogens with two attached hydrogens (primary N) is 1. The first-order valence-electron chi connectivity index (χ1n) is 21.7. The molecule has 10 unspecified atom stereocenters. The van der Waals surface area contributed by atoms with Crippen molar-refractivity contribution < 1.29 is 24.5 Å². The molecule has 6 N–H and O–H groups in total. The quantitative estimate of drug-likeness (QED) is 0.164. The number of aliphatic hydroxyl groups is 1. The molecule has 3 saturated heterocycles. The van der Waals surface area contributed by atoms with E-state index in [4.69, 9.17) is 20.2 Å². The molecule has 6 heterocycles.